The van der Waals surface area contributed by atoms with Gasteiger partial charge in [0, 0.05) is 6.42 Å². The summed E-state index contributed by atoms with van der Waals surface area (Å²) in [6.07, 6.45) is 9.26. The zero-order valence-electron chi connectivity index (χ0n) is 9.39. The molecule has 1 saturated carbocycles. The minimum atomic E-state index is 0.774. The van der Waals surface area contributed by atoms with E-state index in [1.807, 2.05) is 6.92 Å². The van der Waals surface area contributed by atoms with Gasteiger partial charge < -0.3 is 5.73 Å². The van der Waals surface area contributed by atoms with E-state index in [2.05, 4.69) is 11.8 Å². The molecule has 2 atom stereocenters. The Morgan fingerprint density at radius 2 is 1.86 bits per heavy atom. The highest BCUT2D eigenvalue weighted by atomic mass is 14.6. The normalized spacial score (nSPS) is 27.6. The van der Waals surface area contributed by atoms with Gasteiger partial charge in [-0.05, 0) is 38.1 Å². The Kier molecular flexibility index (Phi) is 5.71. The second-order valence-corrected chi connectivity index (χ2v) is 4.36. The molecule has 1 nitrogen and oxygen atoms in total. The molecule has 0 aromatic heterocycles. The number of rotatable bonds is 3. The predicted octanol–water partition coefficient (Wildman–Crippen LogP) is 2.95. The van der Waals surface area contributed by atoms with Crippen LogP contribution >= 0.6 is 0 Å². The van der Waals surface area contributed by atoms with Gasteiger partial charge in [0.2, 0.25) is 0 Å². The molecule has 2 unspecified atom stereocenters. The quantitative estimate of drug-likeness (QED) is 0.541. The highest BCUT2D eigenvalue weighted by Crippen LogP contribution is 2.31. The van der Waals surface area contributed by atoms with Gasteiger partial charge >= 0.3 is 0 Å². The summed E-state index contributed by atoms with van der Waals surface area (Å²) in [5.74, 6) is 7.77. The van der Waals surface area contributed by atoms with Gasteiger partial charge in [0.15, 0.2) is 0 Å². The van der Waals surface area contributed by atoms with Gasteiger partial charge in [0.25, 0.3) is 0 Å². The fraction of sp³-hybridized carbons (Fsp3) is 0.846. The third-order valence-electron chi connectivity index (χ3n) is 3.44. The van der Waals surface area contributed by atoms with Crippen LogP contribution < -0.4 is 5.73 Å². The van der Waals surface area contributed by atoms with Crippen molar-refractivity contribution in [3.8, 4) is 11.8 Å². The Balaban J connectivity index is 2.38. The van der Waals surface area contributed by atoms with E-state index < -0.39 is 0 Å². The van der Waals surface area contributed by atoms with Gasteiger partial charge in [-0.25, -0.2) is 0 Å². The standard InChI is InChI=1S/C13H23N/c1-2-3-5-8-12-9-6-4-7-10-13(12)11-14/h12-13H,4-11,14H2,1H3. The lowest BCUT2D eigenvalue weighted by Gasteiger charge is -2.22. The van der Waals surface area contributed by atoms with Gasteiger partial charge in [-0.3, -0.25) is 0 Å². The molecule has 0 aliphatic heterocycles. The van der Waals surface area contributed by atoms with E-state index in [1.165, 1.54) is 38.5 Å². The molecule has 2 N–H and O–H groups in total. The fourth-order valence-corrected chi connectivity index (χ4v) is 2.53. The van der Waals surface area contributed by atoms with E-state index in [0.29, 0.717) is 0 Å². The number of hydrogen-bond donors (Lipinski definition) is 1. The summed E-state index contributed by atoms with van der Waals surface area (Å²) in [4.78, 5) is 0. The third-order valence-corrected chi connectivity index (χ3v) is 3.44. The number of hydrogen-bond acceptors (Lipinski definition) is 1. The molecule has 1 aliphatic rings. The molecule has 0 radical (unpaired) electrons. The van der Waals surface area contributed by atoms with E-state index in [4.69, 9.17) is 5.73 Å². The summed E-state index contributed by atoms with van der Waals surface area (Å²) in [6.45, 7) is 2.80. The van der Waals surface area contributed by atoms with Crippen molar-refractivity contribution in [1.29, 1.82) is 0 Å². The monoisotopic (exact) mass is 193 g/mol. The van der Waals surface area contributed by atoms with Crippen molar-refractivity contribution >= 4 is 0 Å². The van der Waals surface area contributed by atoms with Gasteiger partial charge in [-0.15, -0.1) is 11.8 Å². The first-order chi connectivity index (χ1) is 6.88. The average molecular weight is 193 g/mol. The minimum Gasteiger partial charge on any atom is -0.330 e. The molecule has 14 heavy (non-hydrogen) atoms. The molecule has 1 fully saturated rings. The molecule has 1 aliphatic carbocycles. The Hall–Kier alpha value is -0.480. The summed E-state index contributed by atoms with van der Waals surface area (Å²) < 4.78 is 0. The molecule has 80 valence electrons. The Morgan fingerprint density at radius 1 is 1.14 bits per heavy atom. The van der Waals surface area contributed by atoms with Crippen molar-refractivity contribution in [2.45, 2.75) is 51.9 Å². The van der Waals surface area contributed by atoms with Crippen LogP contribution in [0.4, 0.5) is 0 Å². The SMILES string of the molecule is CC#CCCC1CCCCCC1CN. The van der Waals surface area contributed by atoms with Crippen molar-refractivity contribution in [1.82, 2.24) is 0 Å². The lowest BCUT2D eigenvalue weighted by atomic mass is 9.84. The van der Waals surface area contributed by atoms with Crippen LogP contribution in [0.1, 0.15) is 51.9 Å². The summed E-state index contributed by atoms with van der Waals surface area (Å²) in [6, 6.07) is 0. The molecular formula is C13H23N. The second-order valence-electron chi connectivity index (χ2n) is 4.36. The maximum Gasteiger partial charge on any atom is 0.00913 e. The first-order valence-electron chi connectivity index (χ1n) is 5.98. The molecule has 0 amide bonds. The van der Waals surface area contributed by atoms with E-state index in [-0.39, 0.29) is 0 Å². The van der Waals surface area contributed by atoms with Crippen molar-refractivity contribution in [2.75, 3.05) is 6.54 Å². The lowest BCUT2D eigenvalue weighted by molar-refractivity contribution is 0.304. The van der Waals surface area contributed by atoms with Gasteiger partial charge in [0.05, 0.1) is 0 Å². The molecule has 0 spiro atoms. The minimum absolute atomic E-state index is 0.774. The summed E-state index contributed by atoms with van der Waals surface area (Å²) in [5, 5.41) is 0. The molecule has 0 heterocycles. The summed E-state index contributed by atoms with van der Waals surface area (Å²) >= 11 is 0. The van der Waals surface area contributed by atoms with Crippen LogP contribution in [0.5, 0.6) is 0 Å². The zero-order valence-corrected chi connectivity index (χ0v) is 9.39. The smallest absolute Gasteiger partial charge is 0.00913 e. The van der Waals surface area contributed by atoms with Crippen LogP contribution in [0, 0.1) is 23.7 Å². The first kappa shape index (κ1) is 11.6. The van der Waals surface area contributed by atoms with Crippen molar-refractivity contribution < 1.29 is 0 Å². The maximum atomic E-state index is 5.83. The van der Waals surface area contributed by atoms with Crippen LogP contribution in [0.2, 0.25) is 0 Å². The Labute approximate surface area is 88.5 Å². The van der Waals surface area contributed by atoms with Crippen LogP contribution in [-0.4, -0.2) is 6.54 Å². The van der Waals surface area contributed by atoms with Crippen LogP contribution in [0.15, 0.2) is 0 Å². The van der Waals surface area contributed by atoms with Crippen LogP contribution in [-0.2, 0) is 0 Å². The zero-order chi connectivity index (χ0) is 10.2. The van der Waals surface area contributed by atoms with Gasteiger partial charge in [-0.2, -0.15) is 0 Å². The topological polar surface area (TPSA) is 26.0 Å². The van der Waals surface area contributed by atoms with Gasteiger partial charge in [0.1, 0.15) is 0 Å². The van der Waals surface area contributed by atoms with Crippen LogP contribution in [0.25, 0.3) is 0 Å². The van der Waals surface area contributed by atoms with E-state index >= 15 is 0 Å². The van der Waals surface area contributed by atoms with Crippen molar-refractivity contribution in [3.05, 3.63) is 0 Å². The average Bonchev–Trinajstić information content (AvgIpc) is 2.43. The summed E-state index contributed by atoms with van der Waals surface area (Å²) in [7, 11) is 0. The number of nitrogens with two attached hydrogens (primary N) is 1. The fourth-order valence-electron chi connectivity index (χ4n) is 2.53. The molecule has 0 aromatic carbocycles. The molecular weight excluding hydrogens is 170 g/mol. The third kappa shape index (κ3) is 3.72. The molecule has 1 heteroatoms. The van der Waals surface area contributed by atoms with Gasteiger partial charge in [-0.1, -0.05) is 25.7 Å². The maximum absolute atomic E-state index is 5.83. The van der Waals surface area contributed by atoms with E-state index in [0.717, 1.165) is 24.8 Å². The highest BCUT2D eigenvalue weighted by molar-refractivity contribution is 4.95. The van der Waals surface area contributed by atoms with Crippen LogP contribution in [0.3, 0.4) is 0 Å². The van der Waals surface area contributed by atoms with E-state index in [1.54, 1.807) is 0 Å². The Bertz CT molecular complexity index is 199. The summed E-state index contributed by atoms with van der Waals surface area (Å²) in [5.41, 5.74) is 5.83. The van der Waals surface area contributed by atoms with Crippen molar-refractivity contribution in [2.24, 2.45) is 17.6 Å². The first-order valence-corrected chi connectivity index (χ1v) is 5.98. The molecule has 0 aromatic rings. The predicted molar refractivity (Wildman–Crippen MR) is 61.8 cm³/mol. The largest absolute Gasteiger partial charge is 0.330 e. The highest BCUT2D eigenvalue weighted by Gasteiger charge is 2.21. The second kappa shape index (κ2) is 6.90. The van der Waals surface area contributed by atoms with E-state index in [9.17, 15) is 0 Å². The van der Waals surface area contributed by atoms with Crippen molar-refractivity contribution in [3.63, 3.8) is 0 Å². The Morgan fingerprint density at radius 3 is 2.50 bits per heavy atom. The molecule has 0 bridgehead atoms. The lowest BCUT2D eigenvalue weighted by Crippen LogP contribution is -2.22. The molecule has 1 rings (SSSR count). The molecule has 0 saturated heterocycles.